The van der Waals surface area contributed by atoms with Gasteiger partial charge < -0.3 is 18.9 Å². The van der Waals surface area contributed by atoms with Crippen LogP contribution in [0.2, 0.25) is 0 Å². The Kier molecular flexibility index (Phi) is 56.0. The van der Waals surface area contributed by atoms with E-state index >= 15 is 0 Å². The van der Waals surface area contributed by atoms with Crippen molar-refractivity contribution in [3.05, 3.63) is 158 Å². The quantitative estimate of drug-likeness (QED) is 0.0211. The lowest BCUT2D eigenvalue weighted by atomic mass is 10.1. The van der Waals surface area contributed by atoms with Gasteiger partial charge in [0.15, 0.2) is 6.10 Å². The maximum absolute atomic E-state index is 12.8. The fourth-order valence-corrected chi connectivity index (χ4v) is 8.56. The van der Waals surface area contributed by atoms with Crippen molar-refractivity contribution >= 4 is 19.8 Å². The van der Waals surface area contributed by atoms with Gasteiger partial charge in [0.1, 0.15) is 19.8 Å². The average molecular weight is 1130 g/mol. The van der Waals surface area contributed by atoms with Gasteiger partial charge in [-0.3, -0.25) is 18.6 Å². The predicted octanol–water partition coefficient (Wildman–Crippen LogP) is 20.0. The Morgan fingerprint density at radius 1 is 0.388 bits per heavy atom. The summed E-state index contributed by atoms with van der Waals surface area (Å²) in [6, 6.07) is 0. The summed E-state index contributed by atoms with van der Waals surface area (Å²) >= 11 is 0. The van der Waals surface area contributed by atoms with E-state index in [0.29, 0.717) is 23.9 Å². The summed E-state index contributed by atoms with van der Waals surface area (Å²) in [4.78, 5) is 35.7. The van der Waals surface area contributed by atoms with Crippen molar-refractivity contribution in [1.82, 2.24) is 0 Å². The number of likely N-dealkylation sites (N-methyl/N-ethyl adjacent to an activating group) is 1. The Labute approximate surface area is 490 Å². The van der Waals surface area contributed by atoms with Crippen LogP contribution >= 0.6 is 7.82 Å². The van der Waals surface area contributed by atoms with Crippen LogP contribution < -0.4 is 0 Å². The molecule has 0 aromatic heterocycles. The second-order valence-corrected chi connectivity index (χ2v) is 22.8. The minimum absolute atomic E-state index is 0.0193. The SMILES string of the molecule is CC/C=C\C/C=C\C/C=C\C/C=C\C/C=C\C/C=C\C/C=C\C/C=C\C/C=C\CCCCCCCCCCCC(=O)OC(COC(=O)CCCCCCCC/C=C\C/C=C\C/C=C\C/C=C\CC)COP(=O)(O)OCC[N+](C)(C)C. The molecule has 0 rings (SSSR count). The zero-order valence-electron chi connectivity index (χ0n) is 51.2. The number of esters is 2. The number of unbranched alkanes of at least 4 members (excludes halogenated alkanes) is 15. The lowest BCUT2D eigenvalue weighted by Crippen LogP contribution is -2.37. The van der Waals surface area contributed by atoms with Gasteiger partial charge in [-0.15, -0.1) is 0 Å². The van der Waals surface area contributed by atoms with Crippen LogP contribution in [0.3, 0.4) is 0 Å². The monoisotopic (exact) mass is 1130 g/mol. The molecule has 10 heteroatoms. The number of allylic oxidation sites excluding steroid dienone is 26. The zero-order chi connectivity index (χ0) is 58.4. The van der Waals surface area contributed by atoms with Crippen LogP contribution in [0.15, 0.2) is 158 Å². The predicted molar refractivity (Wildman–Crippen MR) is 343 cm³/mol. The van der Waals surface area contributed by atoms with E-state index in [-0.39, 0.29) is 32.0 Å². The Morgan fingerprint density at radius 2 is 0.675 bits per heavy atom. The van der Waals surface area contributed by atoms with Gasteiger partial charge in [-0.05, 0) is 122 Å². The van der Waals surface area contributed by atoms with Crippen molar-refractivity contribution in [2.45, 2.75) is 225 Å². The van der Waals surface area contributed by atoms with E-state index in [0.717, 1.165) is 148 Å². The fraction of sp³-hybridized carbons (Fsp3) is 0.600. The van der Waals surface area contributed by atoms with Gasteiger partial charge in [0.05, 0.1) is 27.7 Å². The fourth-order valence-electron chi connectivity index (χ4n) is 7.82. The number of ether oxygens (including phenoxy) is 2. The standard InChI is InChI=1S/C70H114NO8P/c1-6-8-10-12-14-16-18-20-22-24-26-27-28-29-30-31-32-33-34-35-36-37-38-39-40-41-42-43-45-47-49-51-53-55-57-59-61-63-70(73)79-68(67-78-80(74,75)77-65-64-71(3,4)5)66-76-69(72)62-60-58-56-54-52-50-48-46-44-25-23-21-19-17-15-13-11-9-7-2/h8-11,14-17,20-23,26-27,29-30,32-33,35-36,38-39,41-42,44,46,68H,6-7,12-13,18-19,24-25,28,31,34,37,40,43,45,47-67H2,1-5H3/p+1/b10-8-,11-9-,16-14-,17-15-,22-20-,23-21-,27-26-,30-29-,33-32-,36-35-,39-38-,42-41-,46-44-. The molecule has 1 N–H and O–H groups in total. The lowest BCUT2D eigenvalue weighted by molar-refractivity contribution is -0.870. The highest BCUT2D eigenvalue weighted by molar-refractivity contribution is 7.47. The van der Waals surface area contributed by atoms with Crippen LogP contribution in [-0.4, -0.2) is 74.9 Å². The highest BCUT2D eigenvalue weighted by Gasteiger charge is 2.27. The first kappa shape index (κ1) is 75.6. The van der Waals surface area contributed by atoms with Crippen molar-refractivity contribution in [3.8, 4) is 0 Å². The number of nitrogens with zero attached hydrogens (tertiary/aromatic N) is 1. The summed E-state index contributed by atoms with van der Waals surface area (Å²) in [5.41, 5.74) is 0. The third kappa shape index (κ3) is 62.8. The second kappa shape index (κ2) is 59.3. The molecule has 0 aliphatic rings. The van der Waals surface area contributed by atoms with Crippen LogP contribution in [0.4, 0.5) is 0 Å². The number of hydrogen-bond acceptors (Lipinski definition) is 7. The minimum Gasteiger partial charge on any atom is -0.462 e. The number of carbonyl (C=O) groups excluding carboxylic acids is 2. The Morgan fingerprint density at radius 3 is 1.00 bits per heavy atom. The summed E-state index contributed by atoms with van der Waals surface area (Å²) in [6.07, 6.45) is 88.9. The number of rotatable bonds is 55. The molecular formula is C70H115NO8P+. The van der Waals surface area contributed by atoms with Crippen molar-refractivity contribution < 1.29 is 42.1 Å². The molecule has 0 saturated carbocycles. The molecule has 0 bridgehead atoms. The molecule has 0 saturated heterocycles. The van der Waals surface area contributed by atoms with E-state index in [2.05, 4.69) is 172 Å². The molecule has 0 radical (unpaired) electrons. The summed E-state index contributed by atoms with van der Waals surface area (Å²) in [7, 11) is 1.44. The molecule has 0 aliphatic carbocycles. The van der Waals surface area contributed by atoms with E-state index in [1.165, 1.54) is 32.1 Å². The first-order valence-corrected chi connectivity index (χ1v) is 32.7. The molecule has 0 heterocycles. The summed E-state index contributed by atoms with van der Waals surface area (Å²) in [5, 5.41) is 0. The molecule has 2 unspecified atom stereocenters. The maximum Gasteiger partial charge on any atom is 0.472 e. The Balaban J connectivity index is 4.17. The molecule has 0 aromatic carbocycles. The van der Waals surface area contributed by atoms with Crippen molar-refractivity contribution in [1.29, 1.82) is 0 Å². The number of phosphoric acid groups is 1. The molecule has 0 fully saturated rings. The molecule has 0 amide bonds. The van der Waals surface area contributed by atoms with Crippen LogP contribution in [0.5, 0.6) is 0 Å². The first-order chi connectivity index (χ1) is 39.0. The third-order valence-electron chi connectivity index (χ3n) is 12.6. The number of carbonyl (C=O) groups is 2. The first-order valence-electron chi connectivity index (χ1n) is 31.2. The molecule has 452 valence electrons. The van der Waals surface area contributed by atoms with E-state index in [1.807, 2.05) is 21.1 Å². The Hall–Kier alpha value is -4.37. The highest BCUT2D eigenvalue weighted by Crippen LogP contribution is 2.43. The minimum atomic E-state index is -4.40. The van der Waals surface area contributed by atoms with Gasteiger partial charge in [-0.2, -0.15) is 0 Å². The van der Waals surface area contributed by atoms with E-state index in [9.17, 15) is 19.0 Å². The molecule has 2 atom stereocenters. The summed E-state index contributed by atoms with van der Waals surface area (Å²) in [6.45, 7) is 4.16. The van der Waals surface area contributed by atoms with Gasteiger partial charge in [-0.1, -0.05) is 242 Å². The van der Waals surface area contributed by atoms with Gasteiger partial charge in [0.2, 0.25) is 0 Å². The maximum atomic E-state index is 12.8. The van der Waals surface area contributed by atoms with Gasteiger partial charge in [-0.25, -0.2) is 4.57 Å². The molecule has 9 nitrogen and oxygen atoms in total. The number of phosphoric ester groups is 1. The number of quaternary nitrogens is 1. The van der Waals surface area contributed by atoms with Gasteiger partial charge in [0, 0.05) is 12.8 Å². The van der Waals surface area contributed by atoms with E-state index in [4.69, 9.17) is 18.5 Å². The van der Waals surface area contributed by atoms with Crippen LogP contribution in [0, 0.1) is 0 Å². The average Bonchev–Trinajstić information content (AvgIpc) is 3.42. The second-order valence-electron chi connectivity index (χ2n) is 21.3. The summed E-state index contributed by atoms with van der Waals surface area (Å²) < 4.78 is 34.6. The topological polar surface area (TPSA) is 108 Å². The van der Waals surface area contributed by atoms with Crippen molar-refractivity contribution in [2.75, 3.05) is 47.5 Å². The largest absolute Gasteiger partial charge is 0.472 e. The summed E-state index contributed by atoms with van der Waals surface area (Å²) in [5.74, 6) is -0.832. The van der Waals surface area contributed by atoms with Crippen LogP contribution in [0.1, 0.15) is 219 Å². The zero-order valence-corrected chi connectivity index (χ0v) is 52.1. The third-order valence-corrected chi connectivity index (χ3v) is 13.5. The van der Waals surface area contributed by atoms with Crippen LogP contribution in [0.25, 0.3) is 0 Å². The molecule has 0 aliphatic heterocycles. The van der Waals surface area contributed by atoms with E-state index < -0.39 is 26.5 Å². The van der Waals surface area contributed by atoms with E-state index in [1.54, 1.807) is 0 Å². The molecule has 0 aromatic rings. The highest BCUT2D eigenvalue weighted by atomic mass is 31.2. The Bertz CT molecular complexity index is 1900. The number of hydrogen-bond donors (Lipinski definition) is 1. The van der Waals surface area contributed by atoms with Gasteiger partial charge >= 0.3 is 19.8 Å². The molecule has 80 heavy (non-hydrogen) atoms. The van der Waals surface area contributed by atoms with Crippen molar-refractivity contribution in [3.63, 3.8) is 0 Å². The smallest absolute Gasteiger partial charge is 0.462 e. The van der Waals surface area contributed by atoms with Crippen molar-refractivity contribution in [2.24, 2.45) is 0 Å². The van der Waals surface area contributed by atoms with Crippen LogP contribution in [-0.2, 0) is 32.7 Å². The normalized spacial score (nSPS) is 14.3. The molecule has 0 spiro atoms. The molecular weight excluding hydrogens is 1010 g/mol. The van der Waals surface area contributed by atoms with Gasteiger partial charge in [0.25, 0.3) is 0 Å². The lowest BCUT2D eigenvalue weighted by Gasteiger charge is -2.24.